The zero-order valence-corrected chi connectivity index (χ0v) is 29.6. The highest BCUT2D eigenvalue weighted by atomic mass is 127. The minimum Gasteiger partial charge on any atom is -0.480 e. The van der Waals surface area contributed by atoms with Crippen LogP contribution in [0.4, 0.5) is 0 Å². The van der Waals surface area contributed by atoms with Gasteiger partial charge in [0.1, 0.15) is 11.3 Å². The number of carbonyl (C=O) groups is 4. The molecule has 0 fully saturated rings. The van der Waals surface area contributed by atoms with Crippen LogP contribution < -0.4 is 10.1 Å². The minimum absolute atomic E-state index is 0.0539. The number of nitrogens with zero attached hydrogens (tertiary/aromatic N) is 2. The molecule has 0 spiro atoms. The number of halogens is 2. The molecule has 12 heteroatoms. The molecule has 3 aromatic rings. The van der Waals surface area contributed by atoms with E-state index in [2.05, 4.69) is 32.8 Å². The maximum Gasteiger partial charge on any atom is 0.341 e. The number of hydrogen-bond acceptors (Lipinski definition) is 6. The fourth-order valence-electron chi connectivity index (χ4n) is 4.49. The summed E-state index contributed by atoms with van der Waals surface area (Å²) in [5.41, 5.74) is 2.53. The number of carbonyl (C=O) groups excluding carboxylic acids is 3. The van der Waals surface area contributed by atoms with Crippen LogP contribution in [-0.4, -0.2) is 51.2 Å². The van der Waals surface area contributed by atoms with Gasteiger partial charge in [0.2, 0.25) is 5.91 Å². The van der Waals surface area contributed by atoms with Gasteiger partial charge in [-0.05, 0) is 86.4 Å². The van der Waals surface area contributed by atoms with Crippen LogP contribution in [0, 0.1) is 3.57 Å². The van der Waals surface area contributed by atoms with Crippen LogP contribution in [0.1, 0.15) is 29.7 Å². The monoisotopic (exact) mass is 825 g/mol. The van der Waals surface area contributed by atoms with Crippen molar-refractivity contribution in [2.45, 2.75) is 13.0 Å². The van der Waals surface area contributed by atoms with Crippen LogP contribution in [0.25, 0.3) is 6.08 Å². The Morgan fingerprint density at radius 2 is 1.74 bits per heavy atom. The fourth-order valence-corrected chi connectivity index (χ4v) is 7.07. The number of amides is 3. The third-order valence-electron chi connectivity index (χ3n) is 6.58. The van der Waals surface area contributed by atoms with Gasteiger partial charge in [-0.1, -0.05) is 97.2 Å². The van der Waals surface area contributed by atoms with Crippen molar-refractivity contribution in [3.8, 4) is 5.75 Å². The lowest BCUT2D eigenvalue weighted by Crippen LogP contribution is -2.42. The first-order valence-electron chi connectivity index (χ1n) is 14.1. The number of thioether (sulfide) groups is 1. The molecule has 0 saturated heterocycles. The molecule has 2 N–H and O–H groups in total. The van der Waals surface area contributed by atoms with Gasteiger partial charge in [0.25, 0.3) is 11.8 Å². The van der Waals surface area contributed by atoms with Gasteiger partial charge in [-0.2, -0.15) is 4.99 Å². The predicted molar refractivity (Wildman–Crippen MR) is 196 cm³/mol. The van der Waals surface area contributed by atoms with E-state index in [9.17, 15) is 19.2 Å². The smallest absolute Gasteiger partial charge is 0.341 e. The number of rotatable bonds is 12. The number of aliphatic carboxylic acids is 1. The van der Waals surface area contributed by atoms with Crippen LogP contribution >= 0.6 is 50.3 Å². The molecule has 4 rings (SSSR count). The molecule has 0 aliphatic carbocycles. The molecule has 3 amide bonds. The SMILES string of the molecule is C=C/C=C\C(=C/C)N1C(=O)/C(=C/c2cc(Br)c(OCC(=O)O)c(I)c2)C(=O)N=C1SCC(=O)NC(c1ccccc1)c1ccccc1. The highest BCUT2D eigenvalue weighted by Crippen LogP contribution is 2.34. The second kappa shape index (κ2) is 17.0. The van der Waals surface area contributed by atoms with Gasteiger partial charge in [0.05, 0.1) is 19.8 Å². The first-order chi connectivity index (χ1) is 22.6. The number of aliphatic imine (C=N–C) groups is 1. The summed E-state index contributed by atoms with van der Waals surface area (Å²) in [6.45, 7) is 4.91. The summed E-state index contributed by atoms with van der Waals surface area (Å²) in [6, 6.07) is 22.0. The quantitative estimate of drug-likeness (QED) is 0.0881. The zero-order valence-electron chi connectivity index (χ0n) is 25.1. The standard InChI is InChI=1S/C35H29BrIN3O6S/c1-3-5-16-25(4-2)40-34(45)26(17-22-18-27(36)32(28(37)19-22)46-20-30(42)43)33(44)39-35(40)47-21-29(41)38-31(23-12-8-6-9-13-23)24-14-10-7-11-15-24/h3-19,31H,1,20-21H2,2H3,(H,38,41)(H,42,43)/b16-5-,25-4+,26-17+. The average molecular weight is 827 g/mol. The summed E-state index contributed by atoms with van der Waals surface area (Å²) in [5.74, 6) is -2.63. The first-order valence-corrected chi connectivity index (χ1v) is 17.0. The lowest BCUT2D eigenvalue weighted by atomic mass is 9.99. The van der Waals surface area contributed by atoms with E-state index in [1.165, 1.54) is 11.0 Å². The Morgan fingerprint density at radius 3 is 2.30 bits per heavy atom. The Balaban J connectivity index is 1.63. The van der Waals surface area contributed by atoms with Gasteiger partial charge in [-0.25, -0.2) is 4.79 Å². The van der Waals surface area contributed by atoms with Gasteiger partial charge < -0.3 is 15.2 Å². The highest BCUT2D eigenvalue weighted by Gasteiger charge is 2.35. The second-order valence-electron chi connectivity index (χ2n) is 9.81. The van der Waals surface area contributed by atoms with Crippen LogP contribution in [-0.2, 0) is 19.2 Å². The van der Waals surface area contributed by atoms with Crippen molar-refractivity contribution in [2.75, 3.05) is 12.4 Å². The Labute approximate surface area is 298 Å². The Morgan fingerprint density at radius 1 is 1.11 bits per heavy atom. The van der Waals surface area contributed by atoms with Gasteiger partial charge in [-0.15, -0.1) is 0 Å². The van der Waals surface area contributed by atoms with Gasteiger partial charge >= 0.3 is 5.97 Å². The van der Waals surface area contributed by atoms with E-state index < -0.39 is 30.4 Å². The van der Waals surface area contributed by atoms with Crippen molar-refractivity contribution in [3.63, 3.8) is 0 Å². The fraction of sp³-hybridized carbons (Fsp3) is 0.114. The number of carboxylic acid groups (broad SMARTS) is 1. The summed E-state index contributed by atoms with van der Waals surface area (Å²) in [5, 5.41) is 12.1. The van der Waals surface area contributed by atoms with Crippen molar-refractivity contribution >= 4 is 85.2 Å². The van der Waals surface area contributed by atoms with Crippen molar-refractivity contribution in [1.29, 1.82) is 0 Å². The first kappa shape index (κ1) is 35.6. The van der Waals surface area contributed by atoms with E-state index in [0.717, 1.165) is 22.9 Å². The number of carboxylic acids is 1. The van der Waals surface area contributed by atoms with E-state index in [-0.39, 0.29) is 22.4 Å². The second-order valence-corrected chi connectivity index (χ2v) is 12.8. The number of benzene rings is 3. The van der Waals surface area contributed by atoms with Crippen LogP contribution in [0.3, 0.4) is 0 Å². The number of nitrogens with one attached hydrogen (secondary N) is 1. The summed E-state index contributed by atoms with van der Waals surface area (Å²) >= 11 is 6.33. The Hall–Kier alpha value is -4.27. The van der Waals surface area contributed by atoms with Crippen molar-refractivity contribution in [1.82, 2.24) is 10.2 Å². The van der Waals surface area contributed by atoms with Crippen molar-refractivity contribution in [3.05, 3.63) is 140 Å². The molecule has 9 nitrogen and oxygen atoms in total. The zero-order chi connectivity index (χ0) is 33.9. The Kier molecular flexibility index (Phi) is 12.9. The van der Waals surface area contributed by atoms with Crippen LogP contribution in [0.2, 0.25) is 0 Å². The minimum atomic E-state index is -1.13. The van der Waals surface area contributed by atoms with Crippen molar-refractivity contribution < 1.29 is 29.0 Å². The summed E-state index contributed by atoms with van der Waals surface area (Å²) < 4.78 is 6.37. The lowest BCUT2D eigenvalue weighted by Gasteiger charge is -2.28. The third-order valence-corrected chi connectivity index (χ3v) is 8.91. The molecule has 0 aromatic heterocycles. The normalized spacial score (nSPS) is 14.5. The number of hydrogen-bond donors (Lipinski definition) is 2. The van der Waals surface area contributed by atoms with Gasteiger partial charge in [0, 0.05) is 5.70 Å². The molecule has 1 aliphatic heterocycles. The molecular formula is C35H29BrIN3O6S. The number of ether oxygens (including phenoxy) is 1. The molecular weight excluding hydrogens is 797 g/mol. The van der Waals surface area contributed by atoms with Gasteiger partial charge in [0.15, 0.2) is 11.8 Å². The molecule has 0 radical (unpaired) electrons. The molecule has 47 heavy (non-hydrogen) atoms. The highest BCUT2D eigenvalue weighted by molar-refractivity contribution is 14.1. The molecule has 0 bridgehead atoms. The van der Waals surface area contributed by atoms with E-state index in [1.54, 1.807) is 43.4 Å². The predicted octanol–water partition coefficient (Wildman–Crippen LogP) is 6.91. The molecule has 240 valence electrons. The number of allylic oxidation sites excluding steroid dienone is 4. The molecule has 1 heterocycles. The van der Waals surface area contributed by atoms with E-state index in [4.69, 9.17) is 9.84 Å². The van der Waals surface area contributed by atoms with E-state index in [1.807, 2.05) is 83.3 Å². The maximum absolute atomic E-state index is 14.0. The molecule has 1 aliphatic rings. The van der Waals surface area contributed by atoms with Crippen LogP contribution in [0.5, 0.6) is 5.75 Å². The summed E-state index contributed by atoms with van der Waals surface area (Å²) in [7, 11) is 0. The molecule has 0 atom stereocenters. The molecule has 0 unspecified atom stereocenters. The largest absolute Gasteiger partial charge is 0.480 e. The summed E-state index contributed by atoms with van der Waals surface area (Å²) in [4.78, 5) is 57.1. The molecule has 3 aromatic carbocycles. The summed E-state index contributed by atoms with van der Waals surface area (Å²) in [6.07, 6.45) is 7.97. The maximum atomic E-state index is 14.0. The number of amidine groups is 1. The molecule has 0 saturated carbocycles. The van der Waals surface area contributed by atoms with E-state index in [0.29, 0.717) is 25.1 Å². The van der Waals surface area contributed by atoms with Crippen molar-refractivity contribution in [2.24, 2.45) is 4.99 Å². The lowest BCUT2D eigenvalue weighted by molar-refractivity contribution is -0.139. The Bertz CT molecular complexity index is 1750. The topological polar surface area (TPSA) is 125 Å². The third kappa shape index (κ3) is 9.40. The van der Waals surface area contributed by atoms with Crippen LogP contribution in [0.15, 0.2) is 124 Å². The average Bonchev–Trinajstić information content (AvgIpc) is 3.06. The van der Waals surface area contributed by atoms with Gasteiger partial charge in [-0.3, -0.25) is 19.3 Å². The van der Waals surface area contributed by atoms with E-state index >= 15 is 0 Å².